The first-order valence-electron chi connectivity index (χ1n) is 8.97. The number of ether oxygens (including phenoxy) is 1. The average molecular weight is 390 g/mol. The third-order valence-electron chi connectivity index (χ3n) is 4.79. The first kappa shape index (κ1) is 19.6. The summed E-state index contributed by atoms with van der Waals surface area (Å²) in [6.07, 6.45) is 4.33. The number of benzene rings is 1. The molecular weight excluding hydrogens is 366 g/mol. The maximum Gasteiger partial charge on any atom is 0.257 e. The van der Waals surface area contributed by atoms with E-state index in [1.807, 2.05) is 26.0 Å². The topological polar surface area (TPSA) is 75.6 Å². The fourth-order valence-electron chi connectivity index (χ4n) is 3.30. The van der Waals surface area contributed by atoms with E-state index >= 15 is 0 Å². The molecule has 1 amide bonds. The second kappa shape index (κ2) is 7.82. The number of β-amino-alcohol motifs (C(OH)–C–C–N with tert-alkyl or cyclic N) is 1. The summed E-state index contributed by atoms with van der Waals surface area (Å²) in [6, 6.07) is 3.71. The third-order valence-corrected chi connectivity index (χ3v) is 5.38. The monoisotopic (exact) mass is 389 g/mol. The Balaban J connectivity index is 1.67. The van der Waals surface area contributed by atoms with Gasteiger partial charge in [-0.25, -0.2) is 9.97 Å². The molecular formula is C20H24ClN3O3. The predicted molar refractivity (Wildman–Crippen MR) is 103 cm³/mol. The molecule has 6 nitrogen and oxygen atoms in total. The zero-order valence-electron chi connectivity index (χ0n) is 15.8. The van der Waals surface area contributed by atoms with Gasteiger partial charge in [0.25, 0.3) is 5.91 Å². The van der Waals surface area contributed by atoms with Crippen LogP contribution < -0.4 is 4.74 Å². The lowest BCUT2D eigenvalue weighted by molar-refractivity contribution is -0.0532. The van der Waals surface area contributed by atoms with Gasteiger partial charge in [0.1, 0.15) is 23.8 Å². The van der Waals surface area contributed by atoms with E-state index in [-0.39, 0.29) is 19.1 Å². The van der Waals surface area contributed by atoms with Gasteiger partial charge in [-0.05, 0) is 56.9 Å². The molecule has 1 unspecified atom stereocenters. The van der Waals surface area contributed by atoms with Crippen LogP contribution in [0.1, 0.15) is 40.2 Å². The van der Waals surface area contributed by atoms with Gasteiger partial charge in [0.05, 0.1) is 12.1 Å². The maximum absolute atomic E-state index is 12.7. The number of hydrogen-bond acceptors (Lipinski definition) is 5. The molecule has 0 spiro atoms. The number of carbonyl (C=O) groups is 1. The van der Waals surface area contributed by atoms with E-state index in [2.05, 4.69) is 9.97 Å². The second-order valence-corrected chi connectivity index (χ2v) is 7.61. The van der Waals surface area contributed by atoms with Gasteiger partial charge in [0.15, 0.2) is 0 Å². The minimum Gasteiger partial charge on any atom is -0.491 e. The first-order chi connectivity index (χ1) is 12.8. The van der Waals surface area contributed by atoms with Crippen molar-refractivity contribution in [3.05, 3.63) is 52.1 Å². The fourth-order valence-corrected chi connectivity index (χ4v) is 3.41. The van der Waals surface area contributed by atoms with E-state index in [1.165, 1.54) is 12.4 Å². The molecule has 1 N–H and O–H groups in total. The van der Waals surface area contributed by atoms with Crippen molar-refractivity contribution >= 4 is 17.5 Å². The largest absolute Gasteiger partial charge is 0.491 e. The van der Waals surface area contributed by atoms with E-state index in [9.17, 15) is 9.90 Å². The Morgan fingerprint density at radius 2 is 1.89 bits per heavy atom. The molecule has 0 aliphatic carbocycles. The van der Waals surface area contributed by atoms with Crippen molar-refractivity contribution in [2.45, 2.75) is 39.2 Å². The SMILES string of the molecule is Cc1ncc(C(=O)N2CCCC(O)(COc3cc(C)c(Cl)c(C)c3)C2)cn1. The Labute approximate surface area is 164 Å². The Hall–Kier alpha value is -2.18. The number of aliphatic hydroxyl groups is 1. The average Bonchev–Trinajstić information content (AvgIpc) is 2.64. The molecule has 0 saturated carbocycles. The van der Waals surface area contributed by atoms with Crippen LogP contribution in [0.2, 0.25) is 5.02 Å². The smallest absolute Gasteiger partial charge is 0.257 e. The van der Waals surface area contributed by atoms with Gasteiger partial charge in [-0.15, -0.1) is 0 Å². The number of carbonyl (C=O) groups excluding carboxylic acids is 1. The normalized spacial score (nSPS) is 19.8. The zero-order chi connectivity index (χ0) is 19.6. The van der Waals surface area contributed by atoms with Crippen LogP contribution >= 0.6 is 11.6 Å². The predicted octanol–water partition coefficient (Wildman–Crippen LogP) is 3.10. The zero-order valence-corrected chi connectivity index (χ0v) is 16.6. The summed E-state index contributed by atoms with van der Waals surface area (Å²) < 4.78 is 5.84. The van der Waals surface area contributed by atoms with E-state index in [4.69, 9.17) is 16.3 Å². The van der Waals surface area contributed by atoms with Crippen molar-refractivity contribution in [1.82, 2.24) is 14.9 Å². The quantitative estimate of drug-likeness (QED) is 0.869. The molecule has 1 saturated heterocycles. The second-order valence-electron chi connectivity index (χ2n) is 7.23. The van der Waals surface area contributed by atoms with Crippen LogP contribution in [-0.4, -0.2) is 51.2 Å². The highest BCUT2D eigenvalue weighted by Gasteiger charge is 2.36. The maximum atomic E-state index is 12.7. The minimum absolute atomic E-state index is 0.113. The number of hydrogen-bond donors (Lipinski definition) is 1. The molecule has 1 aliphatic rings. The Morgan fingerprint density at radius 3 is 2.52 bits per heavy atom. The van der Waals surface area contributed by atoms with Gasteiger partial charge in [0.2, 0.25) is 0 Å². The van der Waals surface area contributed by atoms with E-state index < -0.39 is 5.60 Å². The number of amides is 1. The van der Waals surface area contributed by atoms with Gasteiger partial charge in [-0.2, -0.15) is 0 Å². The molecule has 3 rings (SSSR count). The summed E-state index contributed by atoms with van der Waals surface area (Å²) in [5.74, 6) is 1.10. The molecule has 1 fully saturated rings. The highest BCUT2D eigenvalue weighted by atomic mass is 35.5. The lowest BCUT2D eigenvalue weighted by Crippen LogP contribution is -2.53. The van der Waals surface area contributed by atoms with Crippen LogP contribution in [0.4, 0.5) is 0 Å². The van der Waals surface area contributed by atoms with Gasteiger partial charge in [-0.1, -0.05) is 11.6 Å². The number of aryl methyl sites for hydroxylation is 3. The van der Waals surface area contributed by atoms with Crippen LogP contribution in [-0.2, 0) is 0 Å². The van der Waals surface area contributed by atoms with E-state index in [1.54, 1.807) is 11.8 Å². The molecule has 144 valence electrons. The van der Waals surface area contributed by atoms with Crippen molar-refractivity contribution < 1.29 is 14.6 Å². The molecule has 7 heteroatoms. The van der Waals surface area contributed by atoms with Gasteiger partial charge < -0.3 is 14.7 Å². The van der Waals surface area contributed by atoms with Crippen LogP contribution in [0.5, 0.6) is 5.75 Å². The molecule has 1 atom stereocenters. The van der Waals surface area contributed by atoms with Crippen LogP contribution in [0.25, 0.3) is 0 Å². The lowest BCUT2D eigenvalue weighted by Gasteiger charge is -2.38. The van der Waals surface area contributed by atoms with Crippen LogP contribution in [0, 0.1) is 20.8 Å². The molecule has 1 aromatic heterocycles. The number of aromatic nitrogens is 2. The highest BCUT2D eigenvalue weighted by Crippen LogP contribution is 2.28. The van der Waals surface area contributed by atoms with Gasteiger partial charge in [0, 0.05) is 24.0 Å². The van der Waals surface area contributed by atoms with Gasteiger partial charge in [-0.3, -0.25) is 4.79 Å². The molecule has 27 heavy (non-hydrogen) atoms. The molecule has 0 radical (unpaired) electrons. The first-order valence-corrected chi connectivity index (χ1v) is 9.35. The van der Waals surface area contributed by atoms with Crippen LogP contribution in [0.3, 0.4) is 0 Å². The standard InChI is InChI=1S/C20H24ClN3O3/c1-13-7-17(8-14(2)18(13)21)27-12-20(26)5-4-6-24(11-20)19(25)16-9-22-15(3)23-10-16/h7-10,26H,4-6,11-12H2,1-3H3. The lowest BCUT2D eigenvalue weighted by atomic mass is 9.93. The number of piperidine rings is 1. The number of rotatable bonds is 4. The number of halogens is 1. The Kier molecular flexibility index (Phi) is 5.67. The molecule has 1 aromatic carbocycles. The molecule has 0 bridgehead atoms. The summed E-state index contributed by atoms with van der Waals surface area (Å²) in [7, 11) is 0. The van der Waals surface area contributed by atoms with E-state index in [0.29, 0.717) is 36.5 Å². The summed E-state index contributed by atoms with van der Waals surface area (Å²) in [6.45, 7) is 6.52. The third kappa shape index (κ3) is 4.57. The van der Waals surface area contributed by atoms with Crippen LogP contribution in [0.15, 0.2) is 24.5 Å². The van der Waals surface area contributed by atoms with Gasteiger partial charge >= 0.3 is 0 Å². The molecule has 1 aliphatic heterocycles. The van der Waals surface area contributed by atoms with Crippen molar-refractivity contribution in [2.24, 2.45) is 0 Å². The summed E-state index contributed by atoms with van der Waals surface area (Å²) in [5.41, 5.74) is 1.19. The number of likely N-dealkylation sites (tertiary alicyclic amines) is 1. The highest BCUT2D eigenvalue weighted by molar-refractivity contribution is 6.32. The Morgan fingerprint density at radius 1 is 1.26 bits per heavy atom. The van der Waals surface area contributed by atoms with E-state index in [0.717, 1.165) is 16.1 Å². The number of nitrogens with zero attached hydrogens (tertiary/aromatic N) is 3. The summed E-state index contributed by atoms with van der Waals surface area (Å²) in [5, 5.41) is 11.7. The summed E-state index contributed by atoms with van der Waals surface area (Å²) in [4.78, 5) is 22.5. The molecule has 2 heterocycles. The van der Waals surface area contributed by atoms with Crippen molar-refractivity contribution in [2.75, 3.05) is 19.7 Å². The Bertz CT molecular complexity index is 818. The van der Waals surface area contributed by atoms with Crippen molar-refractivity contribution in [1.29, 1.82) is 0 Å². The van der Waals surface area contributed by atoms with Crippen molar-refractivity contribution in [3.63, 3.8) is 0 Å². The fraction of sp³-hybridized carbons (Fsp3) is 0.450. The minimum atomic E-state index is -1.10. The molecule has 2 aromatic rings. The van der Waals surface area contributed by atoms with Crippen molar-refractivity contribution in [3.8, 4) is 5.75 Å². The summed E-state index contributed by atoms with van der Waals surface area (Å²) >= 11 is 6.19.